The van der Waals surface area contributed by atoms with E-state index in [9.17, 15) is 4.39 Å². The summed E-state index contributed by atoms with van der Waals surface area (Å²) in [6.45, 7) is 7.72. The second-order valence-electron chi connectivity index (χ2n) is 7.73. The van der Waals surface area contributed by atoms with Crippen molar-refractivity contribution < 1.29 is 9.13 Å². The third-order valence-electron chi connectivity index (χ3n) is 5.50. The summed E-state index contributed by atoms with van der Waals surface area (Å²) in [7, 11) is 0. The van der Waals surface area contributed by atoms with Crippen molar-refractivity contribution in [2.75, 3.05) is 26.3 Å². The number of halogens is 3. The first-order valence-corrected chi connectivity index (χ1v) is 9.35. The lowest BCUT2D eigenvalue weighted by atomic mass is 9.83. The fourth-order valence-electron chi connectivity index (χ4n) is 4.10. The van der Waals surface area contributed by atoms with Gasteiger partial charge in [0, 0.05) is 35.6 Å². The van der Waals surface area contributed by atoms with Crippen molar-refractivity contribution in [3.05, 3.63) is 34.6 Å². The molecule has 0 spiro atoms. The summed E-state index contributed by atoms with van der Waals surface area (Å²) in [6, 6.07) is 5.66. The molecule has 1 saturated carbocycles. The van der Waals surface area contributed by atoms with Gasteiger partial charge in [-0.1, -0.05) is 37.9 Å². The minimum atomic E-state index is -0.285. The molecule has 0 aromatic heterocycles. The van der Waals surface area contributed by atoms with Crippen LogP contribution in [0.4, 0.5) is 4.39 Å². The van der Waals surface area contributed by atoms with E-state index in [1.54, 1.807) is 0 Å². The molecule has 3 rings (SSSR count). The van der Waals surface area contributed by atoms with Gasteiger partial charge in [-0.25, -0.2) is 4.39 Å². The van der Waals surface area contributed by atoms with Gasteiger partial charge in [0.05, 0.1) is 13.2 Å². The van der Waals surface area contributed by atoms with Gasteiger partial charge in [0.2, 0.25) is 0 Å². The molecule has 1 aromatic carbocycles. The van der Waals surface area contributed by atoms with Crippen LogP contribution in [0.2, 0.25) is 5.02 Å². The summed E-state index contributed by atoms with van der Waals surface area (Å²) >= 11 is 6.27. The number of morpholine rings is 1. The zero-order valence-electron chi connectivity index (χ0n) is 15.0. The van der Waals surface area contributed by atoms with E-state index in [-0.39, 0.29) is 23.6 Å². The smallest absolute Gasteiger partial charge is 0.124 e. The van der Waals surface area contributed by atoms with E-state index in [0.717, 1.165) is 31.9 Å². The first kappa shape index (κ1) is 20.9. The van der Waals surface area contributed by atoms with Crippen LogP contribution < -0.4 is 10.6 Å². The molecule has 0 radical (unpaired) electrons. The van der Waals surface area contributed by atoms with Crippen LogP contribution in [0, 0.1) is 11.7 Å². The van der Waals surface area contributed by atoms with Gasteiger partial charge in [-0.2, -0.15) is 0 Å². The van der Waals surface area contributed by atoms with E-state index in [4.69, 9.17) is 16.3 Å². The summed E-state index contributed by atoms with van der Waals surface area (Å²) in [5.41, 5.74) is 0.848. The standard InChI is InChI=1S/C19H28ClFN2O.ClH/c1-19(2,15-7-6-13(21)10-16(15)20)12-23-17-5-3-4-14(17)18-11-24-9-8-22-18;/h6-7,10,14,17-18,22-23H,3-5,8-9,11-12H2,1-2H3;1H. The first-order valence-electron chi connectivity index (χ1n) is 8.97. The number of hydrogen-bond donors (Lipinski definition) is 2. The summed E-state index contributed by atoms with van der Waals surface area (Å²) in [4.78, 5) is 0. The average Bonchev–Trinajstić information content (AvgIpc) is 3.02. The van der Waals surface area contributed by atoms with Crippen molar-refractivity contribution in [3.63, 3.8) is 0 Å². The molecule has 6 heteroatoms. The number of rotatable bonds is 5. The maximum atomic E-state index is 13.3. The molecule has 1 aromatic rings. The molecule has 142 valence electrons. The summed E-state index contributed by atoms with van der Waals surface area (Å²) < 4.78 is 18.9. The Bertz CT molecular complexity index is 564. The summed E-state index contributed by atoms with van der Waals surface area (Å²) in [6.07, 6.45) is 3.71. The topological polar surface area (TPSA) is 33.3 Å². The normalized spacial score (nSPS) is 27.1. The van der Waals surface area contributed by atoms with Crippen LogP contribution in [0.25, 0.3) is 0 Å². The molecule has 1 heterocycles. The van der Waals surface area contributed by atoms with Crippen molar-refractivity contribution in [1.82, 2.24) is 10.6 Å². The Balaban J connectivity index is 0.00000225. The van der Waals surface area contributed by atoms with Gasteiger partial charge in [-0.15, -0.1) is 12.4 Å². The molecule has 0 bridgehead atoms. The van der Waals surface area contributed by atoms with Gasteiger partial charge in [-0.05, 0) is 36.5 Å². The fourth-order valence-corrected chi connectivity index (χ4v) is 4.53. The minimum Gasteiger partial charge on any atom is -0.379 e. The van der Waals surface area contributed by atoms with E-state index in [1.165, 1.54) is 31.4 Å². The van der Waals surface area contributed by atoms with Crippen LogP contribution in [0.15, 0.2) is 18.2 Å². The maximum Gasteiger partial charge on any atom is 0.124 e. The van der Waals surface area contributed by atoms with Gasteiger partial charge < -0.3 is 15.4 Å². The van der Waals surface area contributed by atoms with Crippen molar-refractivity contribution in [3.8, 4) is 0 Å². The molecule has 25 heavy (non-hydrogen) atoms. The van der Waals surface area contributed by atoms with E-state index >= 15 is 0 Å². The van der Waals surface area contributed by atoms with Crippen LogP contribution in [0.1, 0.15) is 38.7 Å². The highest BCUT2D eigenvalue weighted by Crippen LogP contribution is 2.33. The molecule has 2 N–H and O–H groups in total. The summed E-state index contributed by atoms with van der Waals surface area (Å²) in [5, 5.41) is 7.88. The Morgan fingerprint density at radius 3 is 2.84 bits per heavy atom. The van der Waals surface area contributed by atoms with Gasteiger partial charge in [0.1, 0.15) is 5.82 Å². The second kappa shape index (κ2) is 9.01. The number of ether oxygens (including phenoxy) is 1. The molecule has 2 fully saturated rings. The van der Waals surface area contributed by atoms with E-state index in [0.29, 0.717) is 23.0 Å². The number of nitrogens with one attached hydrogen (secondary N) is 2. The minimum absolute atomic E-state index is 0. The fraction of sp³-hybridized carbons (Fsp3) is 0.684. The third kappa shape index (κ3) is 5.08. The number of benzene rings is 1. The van der Waals surface area contributed by atoms with Gasteiger partial charge in [0.25, 0.3) is 0 Å². The Morgan fingerprint density at radius 1 is 1.36 bits per heavy atom. The Hall–Kier alpha value is -0.390. The molecule has 2 aliphatic rings. The van der Waals surface area contributed by atoms with Crippen LogP contribution >= 0.6 is 24.0 Å². The molecular formula is C19H29Cl2FN2O. The van der Waals surface area contributed by atoms with E-state index < -0.39 is 0 Å². The lowest BCUT2D eigenvalue weighted by molar-refractivity contribution is 0.0522. The Morgan fingerprint density at radius 2 is 2.16 bits per heavy atom. The second-order valence-corrected chi connectivity index (χ2v) is 8.13. The van der Waals surface area contributed by atoms with Crippen LogP contribution in [-0.2, 0) is 10.2 Å². The maximum absolute atomic E-state index is 13.3. The highest BCUT2D eigenvalue weighted by atomic mass is 35.5. The lowest BCUT2D eigenvalue weighted by Crippen LogP contribution is -2.52. The predicted molar refractivity (Wildman–Crippen MR) is 103 cm³/mol. The molecule has 3 nitrogen and oxygen atoms in total. The Labute approximate surface area is 161 Å². The zero-order valence-corrected chi connectivity index (χ0v) is 16.6. The van der Waals surface area contributed by atoms with Crippen LogP contribution in [0.5, 0.6) is 0 Å². The largest absolute Gasteiger partial charge is 0.379 e. The molecular weight excluding hydrogens is 362 g/mol. The monoisotopic (exact) mass is 390 g/mol. The molecule has 0 amide bonds. The van der Waals surface area contributed by atoms with Crippen molar-refractivity contribution in [1.29, 1.82) is 0 Å². The predicted octanol–water partition coefficient (Wildman–Crippen LogP) is 3.93. The molecule has 1 saturated heterocycles. The molecule has 3 unspecified atom stereocenters. The highest BCUT2D eigenvalue weighted by molar-refractivity contribution is 6.31. The lowest BCUT2D eigenvalue weighted by Gasteiger charge is -2.35. The van der Waals surface area contributed by atoms with Crippen molar-refractivity contribution in [2.45, 2.75) is 50.6 Å². The van der Waals surface area contributed by atoms with Gasteiger partial charge in [-0.3, -0.25) is 0 Å². The van der Waals surface area contributed by atoms with E-state index in [2.05, 4.69) is 24.5 Å². The first-order chi connectivity index (χ1) is 11.5. The van der Waals surface area contributed by atoms with E-state index in [1.807, 2.05) is 6.07 Å². The zero-order chi connectivity index (χ0) is 17.2. The molecule has 1 aliphatic carbocycles. The summed E-state index contributed by atoms with van der Waals surface area (Å²) in [5.74, 6) is 0.330. The third-order valence-corrected chi connectivity index (χ3v) is 5.82. The number of hydrogen-bond acceptors (Lipinski definition) is 3. The SMILES string of the molecule is CC(C)(CNC1CCCC1C1COCCN1)c1ccc(F)cc1Cl.Cl. The van der Waals surface area contributed by atoms with Crippen LogP contribution in [-0.4, -0.2) is 38.4 Å². The quantitative estimate of drug-likeness (QED) is 0.798. The molecule has 3 atom stereocenters. The highest BCUT2D eigenvalue weighted by Gasteiger charge is 2.35. The van der Waals surface area contributed by atoms with Gasteiger partial charge in [0.15, 0.2) is 0 Å². The van der Waals surface area contributed by atoms with Crippen LogP contribution in [0.3, 0.4) is 0 Å². The van der Waals surface area contributed by atoms with Crippen molar-refractivity contribution >= 4 is 24.0 Å². The molecule has 1 aliphatic heterocycles. The average molecular weight is 391 g/mol. The van der Waals surface area contributed by atoms with Crippen molar-refractivity contribution in [2.24, 2.45) is 5.92 Å². The van der Waals surface area contributed by atoms with Gasteiger partial charge >= 0.3 is 0 Å². The Kier molecular flexibility index (Phi) is 7.53.